The maximum atomic E-state index is 9.41. The molecule has 2 unspecified atom stereocenters. The number of ether oxygens (including phenoxy) is 3. The van der Waals surface area contributed by atoms with Crippen molar-refractivity contribution in [2.75, 3.05) is 13.7 Å². The number of fused-ring (bicyclic) bond motifs is 1. The van der Waals surface area contributed by atoms with Crippen molar-refractivity contribution >= 4 is 0 Å². The average molecular weight is 174 g/mol. The zero-order valence-electron chi connectivity index (χ0n) is 7.27. The van der Waals surface area contributed by atoms with Crippen LogP contribution in [0.4, 0.5) is 0 Å². The van der Waals surface area contributed by atoms with Crippen molar-refractivity contribution in [2.45, 2.75) is 31.5 Å². The van der Waals surface area contributed by atoms with E-state index in [1.54, 1.807) is 7.11 Å². The lowest BCUT2D eigenvalue weighted by Crippen LogP contribution is -2.42. The normalized spacial score (nSPS) is 51.8. The smallest absolute Gasteiger partial charge is 0.160 e. The molecular formula is C8H14O4. The number of epoxide rings is 1. The van der Waals surface area contributed by atoms with Gasteiger partial charge in [-0.3, -0.25) is 0 Å². The molecule has 2 heterocycles. The van der Waals surface area contributed by atoms with E-state index in [-0.39, 0.29) is 24.2 Å². The van der Waals surface area contributed by atoms with E-state index in [0.29, 0.717) is 6.61 Å². The van der Waals surface area contributed by atoms with Gasteiger partial charge in [0.25, 0.3) is 0 Å². The fourth-order valence-electron chi connectivity index (χ4n) is 1.70. The summed E-state index contributed by atoms with van der Waals surface area (Å²) in [4.78, 5) is 0. The highest BCUT2D eigenvalue weighted by atomic mass is 16.7. The number of methoxy groups -OCH3 is 1. The van der Waals surface area contributed by atoms with Crippen molar-refractivity contribution < 1.29 is 19.3 Å². The summed E-state index contributed by atoms with van der Waals surface area (Å²) >= 11 is 0. The van der Waals surface area contributed by atoms with Gasteiger partial charge in [-0.25, -0.2) is 0 Å². The van der Waals surface area contributed by atoms with E-state index in [2.05, 4.69) is 0 Å². The minimum Gasteiger partial charge on any atom is -0.382 e. The van der Waals surface area contributed by atoms with Crippen LogP contribution in [-0.2, 0) is 14.2 Å². The maximum absolute atomic E-state index is 9.41. The molecule has 0 aliphatic carbocycles. The van der Waals surface area contributed by atoms with Crippen LogP contribution < -0.4 is 0 Å². The van der Waals surface area contributed by atoms with Crippen molar-refractivity contribution in [1.82, 2.24) is 0 Å². The van der Waals surface area contributed by atoms with Crippen LogP contribution in [0.5, 0.6) is 0 Å². The molecular weight excluding hydrogens is 160 g/mol. The number of hydrogen-bond acceptors (Lipinski definition) is 4. The van der Waals surface area contributed by atoms with Crippen LogP contribution in [0.3, 0.4) is 0 Å². The number of aliphatic hydroxyl groups excluding tert-OH is 1. The topological polar surface area (TPSA) is 51.2 Å². The van der Waals surface area contributed by atoms with Gasteiger partial charge in [0.15, 0.2) is 6.29 Å². The van der Waals surface area contributed by atoms with Crippen molar-refractivity contribution in [3.8, 4) is 0 Å². The highest BCUT2D eigenvalue weighted by molar-refractivity contribution is 4.99. The van der Waals surface area contributed by atoms with Gasteiger partial charge >= 0.3 is 0 Å². The molecule has 0 saturated carbocycles. The summed E-state index contributed by atoms with van der Waals surface area (Å²) in [6.45, 7) is 2.42. The van der Waals surface area contributed by atoms with Gasteiger partial charge in [-0.2, -0.15) is 0 Å². The van der Waals surface area contributed by atoms with Crippen LogP contribution >= 0.6 is 0 Å². The van der Waals surface area contributed by atoms with Crippen LogP contribution in [0.15, 0.2) is 0 Å². The molecule has 1 N–H and O–H groups in total. The van der Waals surface area contributed by atoms with E-state index in [0.717, 1.165) is 0 Å². The van der Waals surface area contributed by atoms with E-state index < -0.39 is 6.29 Å². The third-order valence-electron chi connectivity index (χ3n) is 2.54. The molecule has 2 fully saturated rings. The lowest BCUT2D eigenvalue weighted by molar-refractivity contribution is -0.188. The van der Waals surface area contributed by atoms with Crippen molar-refractivity contribution in [1.29, 1.82) is 0 Å². The Labute approximate surface area is 71.4 Å². The predicted molar refractivity (Wildman–Crippen MR) is 40.6 cm³/mol. The molecule has 0 aromatic heterocycles. The van der Waals surface area contributed by atoms with Crippen LogP contribution in [-0.4, -0.2) is 43.4 Å². The van der Waals surface area contributed by atoms with Crippen molar-refractivity contribution in [3.63, 3.8) is 0 Å². The Morgan fingerprint density at radius 2 is 2.08 bits per heavy atom. The molecule has 4 heteroatoms. The molecule has 2 aliphatic rings. The Bertz CT molecular complexity index is 170. The lowest BCUT2D eigenvalue weighted by Gasteiger charge is -2.27. The molecule has 2 saturated heterocycles. The first-order valence-electron chi connectivity index (χ1n) is 4.22. The van der Waals surface area contributed by atoms with E-state index in [1.807, 2.05) is 6.92 Å². The molecule has 70 valence electrons. The van der Waals surface area contributed by atoms with Crippen LogP contribution in [0, 0.1) is 5.92 Å². The largest absolute Gasteiger partial charge is 0.382 e. The van der Waals surface area contributed by atoms with E-state index >= 15 is 0 Å². The zero-order chi connectivity index (χ0) is 8.72. The fourth-order valence-corrected chi connectivity index (χ4v) is 1.70. The summed E-state index contributed by atoms with van der Waals surface area (Å²) in [5, 5.41) is 9.41. The molecule has 0 bridgehead atoms. The molecule has 0 amide bonds. The Morgan fingerprint density at radius 3 is 2.75 bits per heavy atom. The number of hydrogen-bond donors (Lipinski definition) is 1. The van der Waals surface area contributed by atoms with E-state index in [9.17, 15) is 5.11 Å². The monoisotopic (exact) mass is 174 g/mol. The Hall–Kier alpha value is -0.160. The first-order chi connectivity index (χ1) is 5.74. The summed E-state index contributed by atoms with van der Waals surface area (Å²) in [7, 11) is 1.62. The van der Waals surface area contributed by atoms with Crippen LogP contribution in [0.2, 0.25) is 0 Å². The molecule has 4 nitrogen and oxygen atoms in total. The van der Waals surface area contributed by atoms with Gasteiger partial charge in [0.1, 0.15) is 12.2 Å². The SMILES string of the molecule is COCC1O[C@H](O)C(C)[C@H]2O[C@H]12. The molecule has 2 rings (SSSR count). The van der Waals surface area contributed by atoms with Gasteiger partial charge in [0.2, 0.25) is 0 Å². The third kappa shape index (κ3) is 1.25. The molecule has 0 spiro atoms. The maximum Gasteiger partial charge on any atom is 0.160 e. The summed E-state index contributed by atoms with van der Waals surface area (Å²) in [6, 6.07) is 0. The van der Waals surface area contributed by atoms with Crippen LogP contribution in [0.25, 0.3) is 0 Å². The summed E-state index contributed by atoms with van der Waals surface area (Å²) < 4.78 is 15.6. The minimum absolute atomic E-state index is 0.0862. The zero-order valence-corrected chi connectivity index (χ0v) is 7.27. The van der Waals surface area contributed by atoms with E-state index in [4.69, 9.17) is 14.2 Å². The molecule has 0 aromatic rings. The third-order valence-corrected chi connectivity index (χ3v) is 2.54. The van der Waals surface area contributed by atoms with Gasteiger partial charge < -0.3 is 19.3 Å². The summed E-state index contributed by atoms with van der Waals surface area (Å²) in [5.74, 6) is 0.0862. The van der Waals surface area contributed by atoms with Gasteiger partial charge in [-0.05, 0) is 0 Å². The van der Waals surface area contributed by atoms with E-state index in [1.165, 1.54) is 0 Å². The first kappa shape index (κ1) is 8.44. The second-order valence-corrected chi connectivity index (χ2v) is 3.44. The second-order valence-electron chi connectivity index (χ2n) is 3.44. The van der Waals surface area contributed by atoms with Crippen molar-refractivity contribution in [3.05, 3.63) is 0 Å². The highest BCUT2D eigenvalue weighted by Gasteiger charge is 2.55. The van der Waals surface area contributed by atoms with Gasteiger partial charge in [-0.1, -0.05) is 6.92 Å². The van der Waals surface area contributed by atoms with Crippen LogP contribution in [0.1, 0.15) is 6.92 Å². The molecule has 0 aromatic carbocycles. The highest BCUT2D eigenvalue weighted by Crippen LogP contribution is 2.40. The quantitative estimate of drug-likeness (QED) is 0.587. The molecule has 12 heavy (non-hydrogen) atoms. The average Bonchev–Trinajstić information content (AvgIpc) is 2.79. The lowest BCUT2D eigenvalue weighted by atomic mass is 9.99. The molecule has 2 aliphatic heterocycles. The van der Waals surface area contributed by atoms with Gasteiger partial charge in [0.05, 0.1) is 12.7 Å². The first-order valence-corrected chi connectivity index (χ1v) is 4.22. The summed E-state index contributed by atoms with van der Waals surface area (Å²) in [5.41, 5.74) is 0. The molecule has 5 atom stereocenters. The fraction of sp³-hybridized carbons (Fsp3) is 1.00. The number of rotatable bonds is 2. The minimum atomic E-state index is -0.700. The Morgan fingerprint density at radius 1 is 1.33 bits per heavy atom. The van der Waals surface area contributed by atoms with Crippen molar-refractivity contribution in [2.24, 2.45) is 5.92 Å². The second kappa shape index (κ2) is 2.96. The van der Waals surface area contributed by atoms with Gasteiger partial charge in [0, 0.05) is 13.0 Å². The molecule has 0 radical (unpaired) electrons. The standard InChI is InChI=1S/C8H14O4/c1-4-6-7(12-6)5(3-10-2)11-8(4)9/h4-9H,3H2,1-2H3/t4?,5?,6-,7-,8+/m1/s1. The number of aliphatic hydroxyl groups is 1. The predicted octanol–water partition coefficient (Wildman–Crippen LogP) is -0.247. The summed E-state index contributed by atoms with van der Waals surface area (Å²) in [6.07, 6.45) is -0.475. The Kier molecular flexibility index (Phi) is 2.08. The Balaban J connectivity index is 1.94. The van der Waals surface area contributed by atoms with Gasteiger partial charge in [-0.15, -0.1) is 0 Å².